The summed E-state index contributed by atoms with van der Waals surface area (Å²) < 4.78 is 0. The first-order valence-electron chi connectivity index (χ1n) is 4.93. The number of hydrogen-bond acceptors (Lipinski definition) is 1. The fourth-order valence-corrected chi connectivity index (χ4v) is 1.62. The molecule has 78 valence electrons. The monoisotopic (exact) mass is 212 g/mol. The molecule has 0 unspecified atom stereocenters. The van der Waals surface area contributed by atoms with Crippen molar-refractivity contribution < 1.29 is 5.11 Å². The lowest BCUT2D eigenvalue weighted by molar-refractivity contribution is 0.188. The zero-order chi connectivity index (χ0) is 10.6. The zero-order valence-electron chi connectivity index (χ0n) is 8.76. The van der Waals surface area contributed by atoms with Gasteiger partial charge in [0, 0.05) is 5.88 Å². The Morgan fingerprint density at radius 1 is 1.36 bits per heavy atom. The summed E-state index contributed by atoms with van der Waals surface area (Å²) in [7, 11) is 0. The van der Waals surface area contributed by atoms with Crippen molar-refractivity contribution in [1.82, 2.24) is 0 Å². The molecule has 0 fully saturated rings. The second-order valence-electron chi connectivity index (χ2n) is 3.78. The molecule has 0 aliphatic rings. The number of aliphatic hydroxyl groups excluding tert-OH is 1. The molecule has 0 radical (unpaired) electrons. The largest absolute Gasteiger partial charge is 0.392 e. The third-order valence-corrected chi connectivity index (χ3v) is 2.79. The van der Waals surface area contributed by atoms with Gasteiger partial charge in [0.2, 0.25) is 0 Å². The molecule has 2 heteroatoms. The molecule has 0 aromatic heterocycles. The number of benzene rings is 1. The number of alkyl halides is 1. The van der Waals surface area contributed by atoms with Crippen LogP contribution in [0.4, 0.5) is 0 Å². The SMILES string of the molecule is Cc1ccc(C)c(CC[C@@H](O)CCl)c1. The molecule has 14 heavy (non-hydrogen) atoms. The Balaban J connectivity index is 2.62. The van der Waals surface area contributed by atoms with Crippen LogP contribution in [-0.4, -0.2) is 17.1 Å². The van der Waals surface area contributed by atoms with Gasteiger partial charge in [-0.25, -0.2) is 0 Å². The minimum Gasteiger partial charge on any atom is -0.392 e. The molecule has 0 saturated heterocycles. The van der Waals surface area contributed by atoms with Crippen LogP contribution in [0, 0.1) is 13.8 Å². The molecule has 1 aromatic carbocycles. The van der Waals surface area contributed by atoms with Crippen LogP contribution >= 0.6 is 11.6 Å². The van der Waals surface area contributed by atoms with Crippen LogP contribution in [0.5, 0.6) is 0 Å². The summed E-state index contributed by atoms with van der Waals surface area (Å²) in [6.45, 7) is 4.18. The van der Waals surface area contributed by atoms with Gasteiger partial charge in [0.25, 0.3) is 0 Å². The van der Waals surface area contributed by atoms with Crippen molar-refractivity contribution >= 4 is 11.6 Å². The first kappa shape index (κ1) is 11.5. The van der Waals surface area contributed by atoms with E-state index >= 15 is 0 Å². The third-order valence-electron chi connectivity index (χ3n) is 2.43. The highest BCUT2D eigenvalue weighted by Crippen LogP contribution is 2.13. The lowest BCUT2D eigenvalue weighted by atomic mass is 10.0. The lowest BCUT2D eigenvalue weighted by Gasteiger charge is -2.09. The highest BCUT2D eigenvalue weighted by molar-refractivity contribution is 6.18. The van der Waals surface area contributed by atoms with Crippen LogP contribution in [0.2, 0.25) is 0 Å². The van der Waals surface area contributed by atoms with E-state index in [1.807, 2.05) is 0 Å². The van der Waals surface area contributed by atoms with E-state index in [1.54, 1.807) is 0 Å². The Bertz CT molecular complexity index is 296. The van der Waals surface area contributed by atoms with E-state index in [4.69, 9.17) is 11.6 Å². The minimum atomic E-state index is -0.378. The van der Waals surface area contributed by atoms with E-state index in [0.29, 0.717) is 5.88 Å². The number of aryl methyl sites for hydroxylation is 3. The van der Waals surface area contributed by atoms with Gasteiger partial charge in [-0.15, -0.1) is 11.6 Å². The first-order valence-corrected chi connectivity index (χ1v) is 5.47. The van der Waals surface area contributed by atoms with Crippen molar-refractivity contribution in [3.05, 3.63) is 34.9 Å². The highest BCUT2D eigenvalue weighted by Gasteiger charge is 2.04. The predicted molar refractivity (Wildman–Crippen MR) is 61.0 cm³/mol. The van der Waals surface area contributed by atoms with Crippen LogP contribution in [0.25, 0.3) is 0 Å². The summed E-state index contributed by atoms with van der Waals surface area (Å²) >= 11 is 5.54. The van der Waals surface area contributed by atoms with Gasteiger partial charge in [-0.3, -0.25) is 0 Å². The van der Waals surface area contributed by atoms with Crippen LogP contribution in [-0.2, 0) is 6.42 Å². The van der Waals surface area contributed by atoms with Gasteiger partial charge in [0.15, 0.2) is 0 Å². The smallest absolute Gasteiger partial charge is 0.0678 e. The number of rotatable bonds is 4. The second-order valence-corrected chi connectivity index (χ2v) is 4.09. The zero-order valence-corrected chi connectivity index (χ0v) is 9.51. The van der Waals surface area contributed by atoms with Crippen LogP contribution in [0.1, 0.15) is 23.1 Å². The molecule has 0 aliphatic carbocycles. The van der Waals surface area contributed by atoms with Gasteiger partial charge in [-0.05, 0) is 37.8 Å². The van der Waals surface area contributed by atoms with Gasteiger partial charge in [-0.2, -0.15) is 0 Å². The number of halogens is 1. The van der Waals surface area contributed by atoms with E-state index in [2.05, 4.69) is 32.0 Å². The number of aliphatic hydroxyl groups is 1. The summed E-state index contributed by atoms with van der Waals surface area (Å²) in [6.07, 6.45) is 1.27. The summed E-state index contributed by atoms with van der Waals surface area (Å²) in [4.78, 5) is 0. The first-order chi connectivity index (χ1) is 6.63. The third kappa shape index (κ3) is 3.32. The summed E-state index contributed by atoms with van der Waals surface area (Å²) in [5.74, 6) is 0.324. The molecule has 1 N–H and O–H groups in total. The van der Waals surface area contributed by atoms with Crippen molar-refractivity contribution in [2.75, 3.05) is 5.88 Å². The summed E-state index contributed by atoms with van der Waals surface area (Å²) in [5, 5.41) is 9.35. The Kier molecular flexibility index (Phi) is 4.43. The normalized spacial score (nSPS) is 12.9. The van der Waals surface area contributed by atoms with Crippen molar-refractivity contribution in [3.8, 4) is 0 Å². The van der Waals surface area contributed by atoms with Crippen molar-refractivity contribution in [2.24, 2.45) is 0 Å². The molecule has 1 atom stereocenters. The average molecular weight is 213 g/mol. The topological polar surface area (TPSA) is 20.2 Å². The molecule has 0 heterocycles. The lowest BCUT2D eigenvalue weighted by Crippen LogP contribution is -2.09. The predicted octanol–water partition coefficient (Wildman–Crippen LogP) is 2.84. The molecule has 1 rings (SSSR count). The maximum atomic E-state index is 9.35. The maximum absolute atomic E-state index is 9.35. The van der Waals surface area contributed by atoms with Crippen molar-refractivity contribution in [2.45, 2.75) is 32.8 Å². The maximum Gasteiger partial charge on any atom is 0.0678 e. The second kappa shape index (κ2) is 5.38. The Morgan fingerprint density at radius 3 is 2.71 bits per heavy atom. The highest BCUT2D eigenvalue weighted by atomic mass is 35.5. The van der Waals surface area contributed by atoms with E-state index in [0.717, 1.165) is 12.8 Å². The molecule has 0 aliphatic heterocycles. The van der Waals surface area contributed by atoms with Gasteiger partial charge in [0.1, 0.15) is 0 Å². The Labute approximate surface area is 90.7 Å². The molecule has 1 nitrogen and oxygen atoms in total. The van der Waals surface area contributed by atoms with E-state index in [1.165, 1.54) is 16.7 Å². The molecule has 1 aromatic rings. The summed E-state index contributed by atoms with van der Waals surface area (Å²) in [5.41, 5.74) is 3.87. The molecule has 0 amide bonds. The fourth-order valence-electron chi connectivity index (χ4n) is 1.47. The van der Waals surface area contributed by atoms with Gasteiger partial charge >= 0.3 is 0 Å². The minimum absolute atomic E-state index is 0.324. The van der Waals surface area contributed by atoms with Crippen LogP contribution in [0.15, 0.2) is 18.2 Å². The van der Waals surface area contributed by atoms with E-state index < -0.39 is 0 Å². The summed E-state index contributed by atoms with van der Waals surface area (Å²) in [6, 6.07) is 6.41. The molecule has 0 spiro atoms. The Hall–Kier alpha value is -0.530. The average Bonchev–Trinajstić information content (AvgIpc) is 2.19. The van der Waals surface area contributed by atoms with E-state index in [-0.39, 0.29) is 6.10 Å². The van der Waals surface area contributed by atoms with Crippen molar-refractivity contribution in [3.63, 3.8) is 0 Å². The van der Waals surface area contributed by atoms with Gasteiger partial charge < -0.3 is 5.11 Å². The molecular formula is C12H17ClO. The molecule has 0 saturated carbocycles. The van der Waals surface area contributed by atoms with Gasteiger partial charge in [-0.1, -0.05) is 23.8 Å². The van der Waals surface area contributed by atoms with Crippen molar-refractivity contribution in [1.29, 1.82) is 0 Å². The number of hydrogen-bond donors (Lipinski definition) is 1. The standard InChI is InChI=1S/C12H17ClO/c1-9-3-4-10(2)11(7-9)5-6-12(14)8-13/h3-4,7,12,14H,5-6,8H2,1-2H3/t12-/m1/s1. The quantitative estimate of drug-likeness (QED) is 0.762. The molecular weight excluding hydrogens is 196 g/mol. The van der Waals surface area contributed by atoms with Crippen LogP contribution in [0.3, 0.4) is 0 Å². The van der Waals surface area contributed by atoms with Gasteiger partial charge in [0.05, 0.1) is 6.10 Å². The van der Waals surface area contributed by atoms with E-state index in [9.17, 15) is 5.11 Å². The Morgan fingerprint density at radius 2 is 2.07 bits per heavy atom. The molecule has 0 bridgehead atoms. The van der Waals surface area contributed by atoms with Crippen LogP contribution < -0.4 is 0 Å². The fraction of sp³-hybridized carbons (Fsp3) is 0.500.